The molecule has 1 atom stereocenters. The molecule has 0 saturated carbocycles. The molecule has 0 radical (unpaired) electrons. The maximum atomic E-state index is 13.1. The molecule has 0 spiro atoms. The monoisotopic (exact) mass is 363 g/mol. The zero-order chi connectivity index (χ0) is 18.8. The van der Waals surface area contributed by atoms with Crippen LogP contribution >= 0.6 is 0 Å². The Balaban J connectivity index is 1.56. The van der Waals surface area contributed by atoms with Gasteiger partial charge >= 0.3 is 0 Å². The van der Waals surface area contributed by atoms with E-state index in [1.807, 2.05) is 48.2 Å². The number of aryl methyl sites for hydroxylation is 2. The van der Waals surface area contributed by atoms with Gasteiger partial charge in [0.25, 0.3) is 5.91 Å². The van der Waals surface area contributed by atoms with Crippen molar-refractivity contribution >= 4 is 5.91 Å². The molecule has 2 aromatic heterocycles. The molecule has 138 valence electrons. The maximum Gasteiger partial charge on any atom is 0.254 e. The minimum absolute atomic E-state index is 0.0166. The first kappa shape index (κ1) is 17.3. The highest BCUT2D eigenvalue weighted by Crippen LogP contribution is 2.31. The van der Waals surface area contributed by atoms with Gasteiger partial charge in [-0.3, -0.25) is 4.79 Å². The average molecular weight is 363 g/mol. The first-order valence-electron chi connectivity index (χ1n) is 9.14. The van der Waals surface area contributed by atoms with Crippen LogP contribution in [0, 0.1) is 13.8 Å². The van der Waals surface area contributed by atoms with Gasteiger partial charge < -0.3 is 9.42 Å². The van der Waals surface area contributed by atoms with E-state index in [4.69, 9.17) is 4.52 Å². The first-order valence-corrected chi connectivity index (χ1v) is 9.14. The lowest BCUT2D eigenvalue weighted by Crippen LogP contribution is -2.38. The molecule has 7 heteroatoms. The van der Waals surface area contributed by atoms with E-state index in [9.17, 15) is 4.79 Å². The average Bonchev–Trinajstić information content (AvgIpc) is 3.14. The number of hydrogen-bond acceptors (Lipinski definition) is 6. The number of hydrogen-bond donors (Lipinski definition) is 0. The third-order valence-corrected chi connectivity index (χ3v) is 4.82. The van der Waals surface area contributed by atoms with Crippen LogP contribution in [0.5, 0.6) is 0 Å². The van der Waals surface area contributed by atoms with Gasteiger partial charge in [0.2, 0.25) is 5.89 Å². The molecule has 0 N–H and O–H groups in total. The highest BCUT2D eigenvalue weighted by Gasteiger charge is 2.32. The Morgan fingerprint density at radius 3 is 2.56 bits per heavy atom. The van der Waals surface area contributed by atoms with Crippen molar-refractivity contribution < 1.29 is 9.32 Å². The summed E-state index contributed by atoms with van der Waals surface area (Å²) in [6.45, 7) is 4.38. The molecule has 0 unspecified atom stereocenters. The summed E-state index contributed by atoms with van der Waals surface area (Å²) in [4.78, 5) is 19.3. The van der Waals surface area contributed by atoms with Crippen LogP contribution in [0.3, 0.4) is 0 Å². The lowest BCUT2D eigenvalue weighted by atomic mass is 10.00. The molecule has 3 heterocycles. The van der Waals surface area contributed by atoms with Gasteiger partial charge in [-0.25, -0.2) is 0 Å². The normalized spacial score (nSPS) is 17.1. The SMILES string of the molecule is Cc1ccc(-c2ccc(C(=O)N3CCCC[C@H]3c3nc(C)no3)cc2)nn1. The van der Waals surface area contributed by atoms with Gasteiger partial charge in [-0.2, -0.15) is 15.2 Å². The van der Waals surface area contributed by atoms with Gasteiger partial charge in [0.1, 0.15) is 6.04 Å². The van der Waals surface area contributed by atoms with E-state index in [1.165, 1.54) is 0 Å². The molecule has 1 amide bonds. The van der Waals surface area contributed by atoms with E-state index in [0.717, 1.165) is 36.2 Å². The van der Waals surface area contributed by atoms with Crippen LogP contribution < -0.4 is 0 Å². The van der Waals surface area contributed by atoms with Gasteiger partial charge in [0.05, 0.1) is 11.4 Å². The van der Waals surface area contributed by atoms with Crippen LogP contribution in [0.2, 0.25) is 0 Å². The van der Waals surface area contributed by atoms with E-state index in [1.54, 1.807) is 6.92 Å². The van der Waals surface area contributed by atoms with Crippen LogP contribution in [-0.2, 0) is 0 Å². The maximum absolute atomic E-state index is 13.1. The van der Waals surface area contributed by atoms with E-state index in [-0.39, 0.29) is 11.9 Å². The van der Waals surface area contributed by atoms with E-state index in [2.05, 4.69) is 20.3 Å². The Kier molecular flexibility index (Phi) is 4.66. The van der Waals surface area contributed by atoms with Crippen LogP contribution in [-0.4, -0.2) is 37.7 Å². The van der Waals surface area contributed by atoms with E-state index in [0.29, 0.717) is 23.8 Å². The lowest BCUT2D eigenvalue weighted by Gasteiger charge is -2.33. The largest absolute Gasteiger partial charge is 0.337 e. The van der Waals surface area contributed by atoms with Crippen LogP contribution in [0.15, 0.2) is 40.9 Å². The van der Waals surface area contributed by atoms with E-state index < -0.39 is 0 Å². The van der Waals surface area contributed by atoms with Crippen molar-refractivity contribution in [2.45, 2.75) is 39.2 Å². The van der Waals surface area contributed by atoms with Gasteiger partial charge in [0.15, 0.2) is 5.82 Å². The summed E-state index contributed by atoms with van der Waals surface area (Å²) >= 11 is 0. The highest BCUT2D eigenvalue weighted by atomic mass is 16.5. The molecular formula is C20H21N5O2. The Bertz CT molecular complexity index is 934. The Morgan fingerprint density at radius 2 is 1.89 bits per heavy atom. The number of carbonyl (C=O) groups is 1. The van der Waals surface area contributed by atoms with Crippen molar-refractivity contribution in [1.82, 2.24) is 25.2 Å². The molecule has 1 aliphatic rings. The van der Waals surface area contributed by atoms with Crippen molar-refractivity contribution in [2.24, 2.45) is 0 Å². The number of benzene rings is 1. The number of rotatable bonds is 3. The van der Waals surface area contributed by atoms with Crippen LogP contribution in [0.4, 0.5) is 0 Å². The van der Waals surface area contributed by atoms with Crippen molar-refractivity contribution in [1.29, 1.82) is 0 Å². The summed E-state index contributed by atoms with van der Waals surface area (Å²) in [6.07, 6.45) is 2.86. The first-order chi connectivity index (χ1) is 13.1. The van der Waals surface area contributed by atoms with Gasteiger partial charge in [-0.15, -0.1) is 0 Å². The van der Waals surface area contributed by atoms with Crippen LogP contribution in [0.1, 0.15) is 53.1 Å². The Labute approximate surface area is 157 Å². The summed E-state index contributed by atoms with van der Waals surface area (Å²) in [5.41, 5.74) is 3.23. The summed E-state index contributed by atoms with van der Waals surface area (Å²) in [7, 11) is 0. The zero-order valence-electron chi connectivity index (χ0n) is 15.4. The summed E-state index contributed by atoms with van der Waals surface area (Å²) in [6, 6.07) is 11.2. The summed E-state index contributed by atoms with van der Waals surface area (Å²) in [5.74, 6) is 1.09. The number of aromatic nitrogens is 4. The third kappa shape index (κ3) is 3.58. The van der Waals surface area contributed by atoms with Crippen molar-refractivity contribution in [2.75, 3.05) is 6.54 Å². The van der Waals surface area contributed by atoms with Crippen LogP contribution in [0.25, 0.3) is 11.3 Å². The molecule has 27 heavy (non-hydrogen) atoms. The van der Waals surface area contributed by atoms with Gasteiger partial charge in [-0.1, -0.05) is 17.3 Å². The minimum Gasteiger partial charge on any atom is -0.337 e. The number of amides is 1. The van der Waals surface area contributed by atoms with Gasteiger partial charge in [0, 0.05) is 17.7 Å². The molecular weight excluding hydrogens is 342 g/mol. The molecule has 1 aromatic carbocycles. The van der Waals surface area contributed by atoms with Crippen molar-refractivity contribution in [3.63, 3.8) is 0 Å². The quantitative estimate of drug-likeness (QED) is 0.708. The Hall–Kier alpha value is -3.09. The molecule has 7 nitrogen and oxygen atoms in total. The predicted octanol–water partition coefficient (Wildman–Crippen LogP) is 3.51. The molecule has 4 rings (SSSR count). The fraction of sp³-hybridized carbons (Fsp3) is 0.350. The Morgan fingerprint density at radius 1 is 1.07 bits per heavy atom. The molecule has 1 fully saturated rings. The highest BCUT2D eigenvalue weighted by molar-refractivity contribution is 5.95. The molecule has 0 aliphatic carbocycles. The smallest absolute Gasteiger partial charge is 0.254 e. The minimum atomic E-state index is -0.157. The zero-order valence-corrected chi connectivity index (χ0v) is 15.4. The lowest BCUT2D eigenvalue weighted by molar-refractivity contribution is 0.0561. The second kappa shape index (κ2) is 7.26. The fourth-order valence-electron chi connectivity index (χ4n) is 3.38. The van der Waals surface area contributed by atoms with Gasteiger partial charge in [-0.05, 0) is 57.4 Å². The number of carbonyl (C=O) groups excluding carboxylic acids is 1. The third-order valence-electron chi connectivity index (χ3n) is 4.82. The standard InChI is InChI=1S/C20H21N5O2/c1-13-6-11-17(23-22-13)15-7-9-16(10-8-15)20(26)25-12-4-3-5-18(25)19-21-14(2)24-27-19/h6-11,18H,3-5,12H2,1-2H3/t18-/m0/s1. The van der Waals surface area contributed by atoms with E-state index >= 15 is 0 Å². The van der Waals surface area contributed by atoms with Crippen molar-refractivity contribution in [3.8, 4) is 11.3 Å². The number of likely N-dealkylation sites (tertiary alicyclic amines) is 1. The molecule has 3 aromatic rings. The summed E-state index contributed by atoms with van der Waals surface area (Å²) in [5, 5.41) is 12.2. The molecule has 1 aliphatic heterocycles. The molecule has 1 saturated heterocycles. The number of nitrogens with zero attached hydrogens (tertiary/aromatic N) is 5. The second-order valence-corrected chi connectivity index (χ2v) is 6.83. The number of piperidine rings is 1. The topological polar surface area (TPSA) is 85.0 Å². The van der Waals surface area contributed by atoms with Crippen molar-refractivity contribution in [3.05, 3.63) is 59.4 Å². The molecule has 0 bridgehead atoms. The fourth-order valence-corrected chi connectivity index (χ4v) is 3.38. The predicted molar refractivity (Wildman–Crippen MR) is 98.9 cm³/mol. The second-order valence-electron chi connectivity index (χ2n) is 6.83. The summed E-state index contributed by atoms with van der Waals surface area (Å²) < 4.78 is 5.34.